The summed E-state index contributed by atoms with van der Waals surface area (Å²) in [7, 11) is 0. The van der Waals surface area contributed by atoms with Crippen molar-refractivity contribution >= 4 is 11.6 Å². The van der Waals surface area contributed by atoms with E-state index >= 15 is 0 Å². The highest BCUT2D eigenvalue weighted by Gasteiger charge is 2.12. The first-order valence-electron chi connectivity index (χ1n) is 5.14. The van der Waals surface area contributed by atoms with Gasteiger partial charge in [0.1, 0.15) is 0 Å². The number of aromatic nitrogens is 3. The van der Waals surface area contributed by atoms with E-state index in [1.54, 1.807) is 16.8 Å². The zero-order valence-corrected chi connectivity index (χ0v) is 10.6. The van der Waals surface area contributed by atoms with E-state index in [1.165, 1.54) is 0 Å². The van der Waals surface area contributed by atoms with Gasteiger partial charge in [0.05, 0.1) is 28.0 Å². The van der Waals surface area contributed by atoms with Gasteiger partial charge in [-0.25, -0.2) is 9.67 Å². The van der Waals surface area contributed by atoms with Crippen LogP contribution >= 0.6 is 11.6 Å². The molecule has 0 aliphatic rings. The van der Waals surface area contributed by atoms with E-state index in [0.29, 0.717) is 16.4 Å². The Kier molecular flexibility index (Phi) is 2.86. The molecule has 17 heavy (non-hydrogen) atoms. The Balaban J connectivity index is 2.65. The molecule has 0 amide bonds. The van der Waals surface area contributed by atoms with Gasteiger partial charge < -0.3 is 0 Å². The molecule has 0 radical (unpaired) electrons. The van der Waals surface area contributed by atoms with Crippen molar-refractivity contribution in [1.82, 2.24) is 14.8 Å². The summed E-state index contributed by atoms with van der Waals surface area (Å²) in [6, 6.07) is 5.53. The van der Waals surface area contributed by atoms with Crippen LogP contribution in [0.25, 0.3) is 5.82 Å². The molecule has 0 unspecified atom stereocenters. The van der Waals surface area contributed by atoms with Crippen molar-refractivity contribution in [3.63, 3.8) is 0 Å². The molecule has 0 N–H and O–H groups in total. The van der Waals surface area contributed by atoms with Crippen molar-refractivity contribution in [3.8, 4) is 11.9 Å². The number of nitrogens with zero attached hydrogens (tertiary/aromatic N) is 4. The maximum absolute atomic E-state index is 8.93. The Morgan fingerprint density at radius 1 is 1.29 bits per heavy atom. The molecule has 0 aliphatic carbocycles. The third-order valence-electron chi connectivity index (χ3n) is 2.49. The minimum atomic E-state index is 0.566. The molecule has 0 atom stereocenters. The fourth-order valence-electron chi connectivity index (χ4n) is 1.67. The molecular weight excluding hydrogens is 236 g/mol. The van der Waals surface area contributed by atoms with Crippen LogP contribution < -0.4 is 0 Å². The van der Waals surface area contributed by atoms with Crippen LogP contribution in [0.2, 0.25) is 5.02 Å². The van der Waals surface area contributed by atoms with Gasteiger partial charge in [-0.3, -0.25) is 0 Å². The molecule has 0 spiro atoms. The van der Waals surface area contributed by atoms with E-state index in [4.69, 9.17) is 16.9 Å². The Morgan fingerprint density at radius 3 is 2.53 bits per heavy atom. The monoisotopic (exact) mass is 246 g/mol. The SMILES string of the molecule is Cc1cc(C#N)cc(-n2nc(C)c(Cl)c2C)n1. The van der Waals surface area contributed by atoms with Crippen molar-refractivity contribution in [3.05, 3.63) is 39.8 Å². The van der Waals surface area contributed by atoms with Crippen LogP contribution in [0.3, 0.4) is 0 Å². The number of rotatable bonds is 1. The predicted octanol–water partition coefficient (Wildman–Crippen LogP) is 2.72. The Hall–Kier alpha value is -1.86. The average Bonchev–Trinajstić information content (AvgIpc) is 2.56. The number of hydrogen-bond donors (Lipinski definition) is 0. The van der Waals surface area contributed by atoms with Gasteiger partial charge in [0, 0.05) is 11.8 Å². The van der Waals surface area contributed by atoms with Crippen LogP contribution in [0.5, 0.6) is 0 Å². The molecule has 0 bridgehead atoms. The molecule has 0 saturated carbocycles. The molecular formula is C12H11ClN4. The first-order valence-corrected chi connectivity index (χ1v) is 5.51. The minimum Gasteiger partial charge on any atom is -0.234 e. The van der Waals surface area contributed by atoms with Crippen LogP contribution in [0.4, 0.5) is 0 Å². The van der Waals surface area contributed by atoms with E-state index in [1.807, 2.05) is 20.8 Å². The van der Waals surface area contributed by atoms with Gasteiger partial charge in [-0.2, -0.15) is 10.4 Å². The second-order valence-electron chi connectivity index (χ2n) is 3.86. The lowest BCUT2D eigenvalue weighted by molar-refractivity contribution is 0.801. The maximum atomic E-state index is 8.93. The number of aryl methyl sites for hydroxylation is 2. The van der Waals surface area contributed by atoms with Gasteiger partial charge in [-0.15, -0.1) is 0 Å². The van der Waals surface area contributed by atoms with Gasteiger partial charge in [-0.05, 0) is 26.8 Å². The largest absolute Gasteiger partial charge is 0.234 e. The van der Waals surface area contributed by atoms with Crippen molar-refractivity contribution in [2.24, 2.45) is 0 Å². The highest BCUT2D eigenvalue weighted by atomic mass is 35.5. The average molecular weight is 247 g/mol. The second kappa shape index (κ2) is 4.19. The fourth-order valence-corrected chi connectivity index (χ4v) is 1.79. The molecule has 0 fully saturated rings. The minimum absolute atomic E-state index is 0.566. The van der Waals surface area contributed by atoms with E-state index < -0.39 is 0 Å². The van der Waals surface area contributed by atoms with Crippen molar-refractivity contribution in [1.29, 1.82) is 5.26 Å². The number of halogens is 1. The summed E-state index contributed by atoms with van der Waals surface area (Å²) >= 11 is 6.09. The molecule has 0 aliphatic heterocycles. The standard InChI is InChI=1S/C12H11ClN4/c1-7-4-10(6-14)5-11(15-7)17-9(3)12(13)8(2)16-17/h4-5H,1-3H3. The van der Waals surface area contributed by atoms with E-state index in [0.717, 1.165) is 17.1 Å². The van der Waals surface area contributed by atoms with Gasteiger partial charge >= 0.3 is 0 Å². The van der Waals surface area contributed by atoms with Crippen molar-refractivity contribution in [2.75, 3.05) is 0 Å². The first-order chi connectivity index (χ1) is 8.02. The zero-order valence-electron chi connectivity index (χ0n) is 9.82. The van der Waals surface area contributed by atoms with Gasteiger partial charge in [0.2, 0.25) is 0 Å². The third kappa shape index (κ3) is 2.02. The first kappa shape index (κ1) is 11.6. The lowest BCUT2D eigenvalue weighted by Gasteiger charge is -2.05. The summed E-state index contributed by atoms with van der Waals surface area (Å²) in [5.41, 5.74) is 2.93. The maximum Gasteiger partial charge on any atom is 0.155 e. The lowest BCUT2D eigenvalue weighted by Crippen LogP contribution is -2.03. The summed E-state index contributed by atoms with van der Waals surface area (Å²) in [4.78, 5) is 4.36. The smallest absolute Gasteiger partial charge is 0.155 e. The quantitative estimate of drug-likeness (QED) is 0.777. The van der Waals surface area contributed by atoms with Crippen molar-refractivity contribution < 1.29 is 0 Å². The second-order valence-corrected chi connectivity index (χ2v) is 4.24. The normalized spacial score (nSPS) is 10.3. The third-order valence-corrected chi connectivity index (χ3v) is 3.04. The summed E-state index contributed by atoms with van der Waals surface area (Å²) in [6.45, 7) is 5.56. The summed E-state index contributed by atoms with van der Waals surface area (Å²) in [5.74, 6) is 0.619. The Bertz CT molecular complexity index is 622. The summed E-state index contributed by atoms with van der Waals surface area (Å²) in [6.07, 6.45) is 0. The van der Waals surface area contributed by atoms with Crippen LogP contribution in [-0.2, 0) is 0 Å². The summed E-state index contributed by atoms with van der Waals surface area (Å²) < 4.78 is 1.66. The molecule has 2 aromatic heterocycles. The molecule has 2 aromatic rings. The Labute approximate surface area is 104 Å². The zero-order chi connectivity index (χ0) is 12.6. The summed E-state index contributed by atoms with van der Waals surface area (Å²) in [5, 5.41) is 13.9. The highest BCUT2D eigenvalue weighted by molar-refractivity contribution is 6.31. The lowest BCUT2D eigenvalue weighted by atomic mass is 10.2. The van der Waals surface area contributed by atoms with Gasteiger partial charge in [-0.1, -0.05) is 11.6 Å². The number of nitriles is 1. The molecule has 2 heterocycles. The predicted molar refractivity (Wildman–Crippen MR) is 65.3 cm³/mol. The van der Waals surface area contributed by atoms with Gasteiger partial charge in [0.15, 0.2) is 5.82 Å². The highest BCUT2D eigenvalue weighted by Crippen LogP contribution is 2.22. The molecule has 0 saturated heterocycles. The molecule has 5 heteroatoms. The topological polar surface area (TPSA) is 54.5 Å². The van der Waals surface area contributed by atoms with E-state index in [-0.39, 0.29) is 0 Å². The Morgan fingerprint density at radius 2 is 2.00 bits per heavy atom. The molecule has 4 nitrogen and oxygen atoms in total. The van der Waals surface area contributed by atoms with E-state index in [2.05, 4.69) is 16.2 Å². The van der Waals surface area contributed by atoms with Crippen molar-refractivity contribution in [2.45, 2.75) is 20.8 Å². The van der Waals surface area contributed by atoms with Crippen LogP contribution in [-0.4, -0.2) is 14.8 Å². The van der Waals surface area contributed by atoms with Gasteiger partial charge in [0.25, 0.3) is 0 Å². The van der Waals surface area contributed by atoms with Crippen LogP contribution in [0.1, 0.15) is 22.6 Å². The molecule has 0 aromatic carbocycles. The van der Waals surface area contributed by atoms with Crippen LogP contribution in [0, 0.1) is 32.1 Å². The molecule has 2 rings (SSSR count). The number of hydrogen-bond acceptors (Lipinski definition) is 3. The van der Waals surface area contributed by atoms with E-state index in [9.17, 15) is 0 Å². The number of pyridine rings is 1. The fraction of sp³-hybridized carbons (Fsp3) is 0.250. The molecule has 86 valence electrons. The van der Waals surface area contributed by atoms with Crippen LogP contribution in [0.15, 0.2) is 12.1 Å².